The van der Waals surface area contributed by atoms with Crippen LogP contribution in [0.25, 0.3) is 0 Å². The molecule has 2 aromatic rings. The molecule has 1 aliphatic heterocycles. The van der Waals surface area contributed by atoms with Gasteiger partial charge in [0.25, 0.3) is 0 Å². The van der Waals surface area contributed by atoms with Gasteiger partial charge >= 0.3 is 0 Å². The van der Waals surface area contributed by atoms with Gasteiger partial charge in [-0.1, -0.05) is 39.7 Å². The van der Waals surface area contributed by atoms with E-state index in [-0.39, 0.29) is 5.75 Å². The SMILES string of the molecule is Cc1ccc(CN2CCN(/N=C/c3cc(Br)ccc3O)CC2)c(C)c1. The first-order valence-corrected chi connectivity index (χ1v) is 9.36. The third-order valence-electron chi connectivity index (χ3n) is 4.59. The summed E-state index contributed by atoms with van der Waals surface area (Å²) < 4.78 is 0.935. The summed E-state index contributed by atoms with van der Waals surface area (Å²) in [5, 5.41) is 16.5. The van der Waals surface area contributed by atoms with Gasteiger partial charge in [0.15, 0.2) is 0 Å². The van der Waals surface area contributed by atoms with Crippen molar-refractivity contribution in [3.63, 3.8) is 0 Å². The largest absolute Gasteiger partial charge is 0.507 e. The minimum atomic E-state index is 0.250. The summed E-state index contributed by atoms with van der Waals surface area (Å²) in [5.74, 6) is 0.250. The first-order valence-electron chi connectivity index (χ1n) is 8.57. The van der Waals surface area contributed by atoms with Gasteiger partial charge in [0.2, 0.25) is 0 Å². The molecular formula is C20H24BrN3O. The quantitative estimate of drug-likeness (QED) is 0.788. The van der Waals surface area contributed by atoms with Crippen molar-refractivity contribution in [1.82, 2.24) is 9.91 Å². The fourth-order valence-electron chi connectivity index (χ4n) is 3.05. The molecule has 1 saturated heterocycles. The van der Waals surface area contributed by atoms with Crippen LogP contribution >= 0.6 is 15.9 Å². The molecule has 2 aromatic carbocycles. The molecule has 132 valence electrons. The van der Waals surface area contributed by atoms with Crippen LogP contribution in [0.2, 0.25) is 0 Å². The van der Waals surface area contributed by atoms with E-state index in [2.05, 4.69) is 63.0 Å². The zero-order valence-corrected chi connectivity index (χ0v) is 16.3. The van der Waals surface area contributed by atoms with E-state index in [9.17, 15) is 5.11 Å². The second kappa shape index (κ2) is 8.02. The van der Waals surface area contributed by atoms with E-state index in [4.69, 9.17) is 0 Å². The van der Waals surface area contributed by atoms with Crippen LogP contribution in [0, 0.1) is 13.8 Å². The smallest absolute Gasteiger partial charge is 0.124 e. The highest BCUT2D eigenvalue weighted by atomic mass is 79.9. The van der Waals surface area contributed by atoms with E-state index in [1.165, 1.54) is 16.7 Å². The lowest BCUT2D eigenvalue weighted by Crippen LogP contribution is -2.43. The van der Waals surface area contributed by atoms with Crippen molar-refractivity contribution >= 4 is 22.1 Å². The Bertz CT molecular complexity index is 768. The summed E-state index contributed by atoms with van der Waals surface area (Å²) in [6.45, 7) is 9.11. The number of phenols is 1. The predicted octanol–water partition coefficient (Wildman–Crippen LogP) is 3.92. The molecule has 0 aromatic heterocycles. The Kier molecular flexibility index (Phi) is 5.76. The molecule has 4 nitrogen and oxygen atoms in total. The summed E-state index contributed by atoms with van der Waals surface area (Å²) in [6, 6.07) is 12.0. The topological polar surface area (TPSA) is 39.1 Å². The van der Waals surface area contributed by atoms with E-state index < -0.39 is 0 Å². The van der Waals surface area contributed by atoms with E-state index in [0.29, 0.717) is 0 Å². The minimum Gasteiger partial charge on any atom is -0.507 e. The number of aromatic hydroxyl groups is 1. The van der Waals surface area contributed by atoms with Crippen molar-refractivity contribution < 1.29 is 5.11 Å². The van der Waals surface area contributed by atoms with Crippen LogP contribution in [0.3, 0.4) is 0 Å². The molecule has 0 unspecified atom stereocenters. The van der Waals surface area contributed by atoms with Gasteiger partial charge in [-0.2, -0.15) is 5.10 Å². The maximum atomic E-state index is 9.88. The summed E-state index contributed by atoms with van der Waals surface area (Å²) >= 11 is 3.42. The first-order chi connectivity index (χ1) is 12.0. The van der Waals surface area contributed by atoms with E-state index in [0.717, 1.165) is 42.8 Å². The molecule has 0 amide bonds. The summed E-state index contributed by atoms with van der Waals surface area (Å²) in [5.41, 5.74) is 4.82. The number of aryl methyl sites for hydroxylation is 2. The lowest BCUT2D eigenvalue weighted by Gasteiger charge is -2.33. The lowest BCUT2D eigenvalue weighted by atomic mass is 10.1. The van der Waals surface area contributed by atoms with Crippen LogP contribution in [0.4, 0.5) is 0 Å². The Morgan fingerprint density at radius 3 is 2.56 bits per heavy atom. The molecule has 3 rings (SSSR count). The molecule has 0 aliphatic carbocycles. The Morgan fingerprint density at radius 2 is 1.84 bits per heavy atom. The first kappa shape index (κ1) is 18.0. The highest BCUT2D eigenvalue weighted by molar-refractivity contribution is 9.10. The summed E-state index contributed by atoms with van der Waals surface area (Å²) in [6.07, 6.45) is 1.74. The van der Waals surface area contributed by atoms with Gasteiger partial charge in [-0.3, -0.25) is 9.91 Å². The molecule has 0 spiro atoms. The standard InChI is InChI=1S/C20H24BrN3O/c1-15-3-4-17(16(2)11-15)14-23-7-9-24(10-8-23)22-13-18-12-19(21)5-6-20(18)25/h3-6,11-13,25H,7-10,14H2,1-2H3/b22-13+. The monoisotopic (exact) mass is 401 g/mol. The van der Waals surface area contributed by atoms with Crippen molar-refractivity contribution in [2.45, 2.75) is 20.4 Å². The zero-order chi connectivity index (χ0) is 17.8. The van der Waals surface area contributed by atoms with Crippen LogP contribution in [-0.2, 0) is 6.54 Å². The van der Waals surface area contributed by atoms with Crippen LogP contribution in [0.15, 0.2) is 46.0 Å². The molecule has 5 heteroatoms. The minimum absolute atomic E-state index is 0.250. The van der Waals surface area contributed by atoms with Crippen LogP contribution in [0.5, 0.6) is 5.75 Å². The van der Waals surface area contributed by atoms with Gasteiger partial charge < -0.3 is 5.11 Å². The highest BCUT2D eigenvalue weighted by Crippen LogP contribution is 2.20. The molecule has 1 aliphatic rings. The zero-order valence-electron chi connectivity index (χ0n) is 14.7. The lowest BCUT2D eigenvalue weighted by molar-refractivity contribution is 0.131. The molecule has 1 fully saturated rings. The Hall–Kier alpha value is -1.85. The van der Waals surface area contributed by atoms with Crippen LogP contribution < -0.4 is 0 Å². The predicted molar refractivity (Wildman–Crippen MR) is 106 cm³/mol. The molecule has 0 radical (unpaired) electrons. The number of benzene rings is 2. The maximum Gasteiger partial charge on any atom is 0.124 e. The van der Waals surface area contributed by atoms with Gasteiger partial charge in [0.1, 0.15) is 5.75 Å². The van der Waals surface area contributed by atoms with Gasteiger partial charge in [-0.05, 0) is 43.2 Å². The number of phenolic OH excluding ortho intramolecular Hbond substituents is 1. The second-order valence-corrected chi connectivity index (χ2v) is 7.52. The number of nitrogens with zero attached hydrogens (tertiary/aromatic N) is 3. The van der Waals surface area contributed by atoms with Gasteiger partial charge in [0.05, 0.1) is 6.21 Å². The molecule has 25 heavy (non-hydrogen) atoms. The average molecular weight is 402 g/mol. The van der Waals surface area contributed by atoms with Gasteiger partial charge in [0, 0.05) is 42.8 Å². The van der Waals surface area contributed by atoms with E-state index in [1.54, 1.807) is 12.3 Å². The normalized spacial score (nSPS) is 15.9. The van der Waals surface area contributed by atoms with Crippen molar-refractivity contribution in [2.24, 2.45) is 5.10 Å². The molecular weight excluding hydrogens is 378 g/mol. The fourth-order valence-corrected chi connectivity index (χ4v) is 3.43. The van der Waals surface area contributed by atoms with E-state index in [1.807, 2.05) is 12.1 Å². The molecule has 1 N–H and O–H groups in total. The van der Waals surface area contributed by atoms with E-state index >= 15 is 0 Å². The summed E-state index contributed by atoms with van der Waals surface area (Å²) in [4.78, 5) is 2.47. The van der Waals surface area contributed by atoms with Gasteiger partial charge in [-0.15, -0.1) is 0 Å². The average Bonchev–Trinajstić information content (AvgIpc) is 2.59. The van der Waals surface area contributed by atoms with Crippen molar-refractivity contribution in [3.05, 3.63) is 63.1 Å². The Morgan fingerprint density at radius 1 is 1.08 bits per heavy atom. The number of halogens is 1. The number of rotatable bonds is 4. The van der Waals surface area contributed by atoms with Gasteiger partial charge in [-0.25, -0.2) is 0 Å². The van der Waals surface area contributed by atoms with Crippen molar-refractivity contribution in [1.29, 1.82) is 0 Å². The van der Waals surface area contributed by atoms with Crippen LogP contribution in [-0.4, -0.2) is 47.4 Å². The molecule has 0 atom stereocenters. The molecule has 0 saturated carbocycles. The summed E-state index contributed by atoms with van der Waals surface area (Å²) in [7, 11) is 0. The Balaban J connectivity index is 1.55. The number of hydrazone groups is 1. The second-order valence-electron chi connectivity index (χ2n) is 6.61. The van der Waals surface area contributed by atoms with Crippen molar-refractivity contribution in [2.75, 3.05) is 26.2 Å². The number of hydrogen-bond acceptors (Lipinski definition) is 4. The molecule has 1 heterocycles. The third-order valence-corrected chi connectivity index (χ3v) is 5.08. The van der Waals surface area contributed by atoms with Crippen molar-refractivity contribution in [3.8, 4) is 5.75 Å². The number of piperazine rings is 1. The third kappa shape index (κ3) is 4.83. The fraction of sp³-hybridized carbons (Fsp3) is 0.350. The highest BCUT2D eigenvalue weighted by Gasteiger charge is 2.16. The maximum absolute atomic E-state index is 9.88. The molecule has 0 bridgehead atoms. The number of hydrogen-bond donors (Lipinski definition) is 1. The Labute approximate surface area is 157 Å². The van der Waals surface area contributed by atoms with Crippen LogP contribution in [0.1, 0.15) is 22.3 Å².